The number of piperazine rings is 1. The second-order valence-electron chi connectivity index (χ2n) is 12.7. The summed E-state index contributed by atoms with van der Waals surface area (Å²) in [6.45, 7) is 7.11. The molecule has 13 heteroatoms. The van der Waals surface area contributed by atoms with E-state index in [-0.39, 0.29) is 10.6 Å². The molecule has 0 radical (unpaired) electrons. The molecule has 0 spiro atoms. The van der Waals surface area contributed by atoms with Crippen molar-refractivity contribution in [3.63, 3.8) is 0 Å². The van der Waals surface area contributed by atoms with Gasteiger partial charge in [0.15, 0.2) is 5.54 Å². The van der Waals surface area contributed by atoms with Crippen molar-refractivity contribution in [2.45, 2.75) is 42.8 Å². The lowest BCUT2D eigenvalue weighted by atomic mass is 9.80. The highest BCUT2D eigenvalue weighted by Gasteiger charge is 2.63. The van der Waals surface area contributed by atoms with Crippen LogP contribution in [0.5, 0.6) is 11.5 Å². The number of oxazole rings is 1. The van der Waals surface area contributed by atoms with Gasteiger partial charge in [0.25, 0.3) is 15.9 Å². The van der Waals surface area contributed by atoms with Gasteiger partial charge in [-0.15, -0.1) is 0 Å². The van der Waals surface area contributed by atoms with Crippen LogP contribution in [0.1, 0.15) is 48.4 Å². The number of carbonyl (C=O) groups excluding carboxylic acids is 1. The summed E-state index contributed by atoms with van der Waals surface area (Å²) >= 11 is 6.73. The summed E-state index contributed by atoms with van der Waals surface area (Å²) in [5.74, 6) is 0.802. The van der Waals surface area contributed by atoms with E-state index in [0.717, 1.165) is 42.5 Å². The molecular weight excluding hydrogens is 666 g/mol. The fourth-order valence-electron chi connectivity index (χ4n) is 7.46. The van der Waals surface area contributed by atoms with Crippen molar-refractivity contribution in [1.82, 2.24) is 19.7 Å². The Morgan fingerprint density at radius 1 is 1.00 bits per heavy atom. The summed E-state index contributed by atoms with van der Waals surface area (Å²) in [7, 11) is -0.785. The molecule has 2 atom stereocenters. The van der Waals surface area contributed by atoms with Crippen LogP contribution in [0.4, 0.5) is 5.69 Å². The topological polar surface area (TPSA) is 109 Å². The van der Waals surface area contributed by atoms with Crippen LogP contribution in [-0.2, 0) is 26.9 Å². The van der Waals surface area contributed by atoms with Gasteiger partial charge in [-0.1, -0.05) is 17.7 Å². The van der Waals surface area contributed by atoms with Gasteiger partial charge in [0.1, 0.15) is 17.8 Å². The van der Waals surface area contributed by atoms with E-state index in [1.54, 1.807) is 36.5 Å². The van der Waals surface area contributed by atoms with E-state index >= 15 is 4.79 Å². The van der Waals surface area contributed by atoms with Gasteiger partial charge in [-0.2, -0.15) is 0 Å². The number of halogens is 1. The number of aromatic nitrogens is 1. The number of carbonyl (C=O) groups is 1. The van der Waals surface area contributed by atoms with Crippen molar-refractivity contribution in [2.24, 2.45) is 0 Å². The molecule has 49 heavy (non-hydrogen) atoms. The molecule has 4 heterocycles. The zero-order chi connectivity index (χ0) is 34.3. The van der Waals surface area contributed by atoms with E-state index in [2.05, 4.69) is 21.8 Å². The van der Waals surface area contributed by atoms with E-state index in [1.165, 1.54) is 25.5 Å². The Morgan fingerprint density at radius 2 is 1.78 bits per heavy atom. The predicted molar refractivity (Wildman–Crippen MR) is 185 cm³/mol. The number of anilines is 1. The molecule has 0 aliphatic carbocycles. The largest absolute Gasteiger partial charge is 0.497 e. The zero-order valence-electron chi connectivity index (χ0n) is 27.8. The van der Waals surface area contributed by atoms with Crippen molar-refractivity contribution in [2.75, 3.05) is 57.8 Å². The molecule has 4 aromatic rings. The molecule has 0 saturated carbocycles. The van der Waals surface area contributed by atoms with E-state index < -0.39 is 27.5 Å². The van der Waals surface area contributed by atoms with Gasteiger partial charge in [-0.3, -0.25) is 14.6 Å². The molecule has 3 aliphatic rings. The van der Waals surface area contributed by atoms with Crippen molar-refractivity contribution < 1.29 is 27.1 Å². The molecule has 3 aromatic carbocycles. The number of benzene rings is 3. The molecule has 11 nitrogen and oxygen atoms in total. The van der Waals surface area contributed by atoms with Crippen molar-refractivity contribution in [3.05, 3.63) is 101 Å². The van der Waals surface area contributed by atoms with E-state index in [4.69, 9.17) is 25.5 Å². The minimum Gasteiger partial charge on any atom is -0.497 e. The summed E-state index contributed by atoms with van der Waals surface area (Å²) in [5, 5.41) is 0.373. The fraction of sp³-hybridized carbons (Fsp3) is 0.389. The molecule has 0 bridgehead atoms. The first kappa shape index (κ1) is 33.6. The van der Waals surface area contributed by atoms with Crippen molar-refractivity contribution in [1.29, 1.82) is 0 Å². The Labute approximate surface area is 292 Å². The lowest BCUT2D eigenvalue weighted by molar-refractivity contribution is -0.127. The van der Waals surface area contributed by atoms with E-state index in [1.807, 2.05) is 30.0 Å². The van der Waals surface area contributed by atoms with Gasteiger partial charge in [0.05, 0.1) is 36.5 Å². The van der Waals surface area contributed by atoms with Crippen molar-refractivity contribution >= 4 is 33.2 Å². The summed E-state index contributed by atoms with van der Waals surface area (Å²) in [6, 6.07) is 16.5. The normalized spacial score (nSPS) is 22.1. The quantitative estimate of drug-likeness (QED) is 0.216. The number of ether oxygens (including phenoxy) is 2. The van der Waals surface area contributed by atoms with Crippen LogP contribution >= 0.6 is 11.6 Å². The second-order valence-corrected chi connectivity index (χ2v) is 14.9. The maximum Gasteiger partial charge on any atom is 0.271 e. The Hall–Kier alpha value is -3.94. The Kier molecular flexibility index (Phi) is 9.18. The number of methoxy groups -OCH3 is 1. The number of amides is 1. The van der Waals surface area contributed by atoms with Gasteiger partial charge in [-0.25, -0.2) is 17.7 Å². The molecule has 2 unspecified atom stereocenters. The number of likely N-dealkylation sites (tertiary alicyclic amines) is 1. The first-order chi connectivity index (χ1) is 23.7. The summed E-state index contributed by atoms with van der Waals surface area (Å²) in [6.07, 6.45) is 4.49. The van der Waals surface area contributed by atoms with Crippen LogP contribution in [0.15, 0.2) is 82.4 Å². The number of hydrogen-bond donors (Lipinski definition) is 0. The summed E-state index contributed by atoms with van der Waals surface area (Å²) in [4.78, 5) is 26.8. The van der Waals surface area contributed by atoms with Crippen LogP contribution in [-0.4, -0.2) is 87.5 Å². The van der Waals surface area contributed by atoms with Crippen LogP contribution in [0, 0.1) is 0 Å². The highest BCUT2D eigenvalue weighted by atomic mass is 35.5. The monoisotopic (exact) mass is 705 g/mol. The average Bonchev–Trinajstić information content (AvgIpc) is 3.86. The van der Waals surface area contributed by atoms with Gasteiger partial charge in [0.2, 0.25) is 5.89 Å². The number of fused-ring (bicyclic) bond motifs is 1. The Morgan fingerprint density at radius 3 is 2.47 bits per heavy atom. The second kappa shape index (κ2) is 13.4. The van der Waals surface area contributed by atoms with Crippen molar-refractivity contribution in [3.8, 4) is 11.5 Å². The number of sulfonamides is 1. The molecule has 258 valence electrons. The molecule has 1 amide bonds. The molecule has 7 rings (SSSR count). The van der Waals surface area contributed by atoms with Crippen LogP contribution in [0.3, 0.4) is 0 Å². The number of hydrogen-bond acceptors (Lipinski definition) is 10. The minimum atomic E-state index is -4.42. The third-order valence-corrected chi connectivity index (χ3v) is 11.8. The standard InChI is InChI=1S/C36H40ClN5O6S/c1-4-47-33-14-7-25(24-40-19-17-39(2)18-20-40)22-30(33)36(41-16-5-6-32(41)34-38-15-21-48-34)29-23-26(37)8-13-31(29)42(35(36)43)49(44,45)28-11-9-27(46-3)10-12-28/h7-15,21-23,32H,4-6,16-20,24H2,1-3H3. The first-order valence-corrected chi connectivity index (χ1v) is 18.4. The third kappa shape index (κ3) is 5.79. The molecular formula is C36H40ClN5O6S. The molecule has 3 aliphatic heterocycles. The Bertz CT molecular complexity index is 1930. The summed E-state index contributed by atoms with van der Waals surface area (Å²) < 4.78 is 47.7. The molecule has 2 fully saturated rings. The smallest absolute Gasteiger partial charge is 0.271 e. The third-order valence-electron chi connectivity index (χ3n) is 9.81. The predicted octanol–water partition coefficient (Wildman–Crippen LogP) is 5.30. The lowest BCUT2D eigenvalue weighted by Gasteiger charge is -2.41. The van der Waals surface area contributed by atoms with Gasteiger partial charge in [0, 0.05) is 55.4 Å². The summed E-state index contributed by atoms with van der Waals surface area (Å²) in [5.41, 5.74) is 0.578. The van der Waals surface area contributed by atoms with E-state index in [9.17, 15) is 8.42 Å². The SMILES string of the molecule is CCOc1ccc(CN2CCN(C)CC2)cc1C1(N2CCCC2c2ncco2)C(=O)N(S(=O)(=O)c2ccc(OC)cc2)c2ccc(Cl)cc21. The zero-order valence-corrected chi connectivity index (χ0v) is 29.4. The minimum absolute atomic E-state index is 0.0436. The fourth-order valence-corrected chi connectivity index (χ4v) is 9.09. The van der Waals surface area contributed by atoms with Crippen LogP contribution in [0.2, 0.25) is 5.02 Å². The first-order valence-electron chi connectivity index (χ1n) is 16.6. The molecule has 0 N–H and O–H groups in total. The molecule has 2 saturated heterocycles. The van der Waals surface area contributed by atoms with Crippen LogP contribution < -0.4 is 13.8 Å². The van der Waals surface area contributed by atoms with Gasteiger partial charge >= 0.3 is 0 Å². The van der Waals surface area contributed by atoms with Gasteiger partial charge < -0.3 is 18.8 Å². The number of likely N-dealkylation sites (N-methyl/N-ethyl adjacent to an activating group) is 1. The maximum atomic E-state index is 15.7. The highest BCUT2D eigenvalue weighted by molar-refractivity contribution is 7.93. The maximum absolute atomic E-state index is 15.7. The number of nitrogens with zero attached hydrogens (tertiary/aromatic N) is 5. The van der Waals surface area contributed by atoms with Crippen LogP contribution in [0.25, 0.3) is 0 Å². The average molecular weight is 706 g/mol. The molecule has 1 aromatic heterocycles. The van der Waals surface area contributed by atoms with Gasteiger partial charge in [-0.05, 0) is 87.0 Å². The number of rotatable bonds is 10. The lowest BCUT2D eigenvalue weighted by Crippen LogP contribution is -2.54. The van der Waals surface area contributed by atoms with E-state index in [0.29, 0.717) is 59.7 Å². The Balaban J connectivity index is 1.47. The highest BCUT2D eigenvalue weighted by Crippen LogP contribution is 2.57.